The fraction of sp³-hybridized carbons (Fsp3) is 0.308. The Morgan fingerprint density at radius 3 is 2.88 bits per heavy atom. The number of hydrogen-bond acceptors (Lipinski definition) is 3. The van der Waals surface area contributed by atoms with Crippen LogP contribution in [0.15, 0.2) is 34.9 Å². The van der Waals surface area contributed by atoms with E-state index in [0.29, 0.717) is 17.5 Å². The van der Waals surface area contributed by atoms with Crippen LogP contribution in [0.1, 0.15) is 31.0 Å². The first-order chi connectivity index (χ1) is 8.19. The number of oxazole rings is 1. The highest BCUT2D eigenvalue weighted by Gasteiger charge is 2.07. The molecule has 1 aromatic heterocycles. The maximum Gasteiger partial charge on any atom is 0.399 e. The molecule has 0 spiro atoms. The molecule has 0 saturated heterocycles. The third-order valence-corrected chi connectivity index (χ3v) is 2.67. The van der Waals surface area contributed by atoms with E-state index < -0.39 is 0 Å². The lowest BCUT2D eigenvalue weighted by molar-refractivity contribution is 0.330. The SMILES string of the molecule is CC(C)c1cccc(Oc2nc(CCl)co2)c1. The molecule has 17 heavy (non-hydrogen) atoms. The summed E-state index contributed by atoms with van der Waals surface area (Å²) in [6.45, 7) is 4.27. The van der Waals surface area contributed by atoms with E-state index >= 15 is 0 Å². The lowest BCUT2D eigenvalue weighted by Crippen LogP contribution is -1.89. The van der Waals surface area contributed by atoms with Gasteiger partial charge in [0.1, 0.15) is 12.0 Å². The Kier molecular flexibility index (Phi) is 3.69. The molecule has 0 bridgehead atoms. The summed E-state index contributed by atoms with van der Waals surface area (Å²) in [4.78, 5) is 4.08. The van der Waals surface area contributed by atoms with Crippen LogP contribution in [0, 0.1) is 0 Å². The van der Waals surface area contributed by atoms with Crippen LogP contribution in [0.3, 0.4) is 0 Å². The molecule has 0 aliphatic heterocycles. The van der Waals surface area contributed by atoms with E-state index in [1.165, 1.54) is 11.8 Å². The van der Waals surface area contributed by atoms with Gasteiger partial charge in [0.15, 0.2) is 0 Å². The van der Waals surface area contributed by atoms with Crippen molar-refractivity contribution in [3.05, 3.63) is 41.8 Å². The highest BCUT2D eigenvalue weighted by Crippen LogP contribution is 2.24. The van der Waals surface area contributed by atoms with Crippen molar-refractivity contribution in [2.24, 2.45) is 0 Å². The maximum absolute atomic E-state index is 5.63. The topological polar surface area (TPSA) is 35.3 Å². The van der Waals surface area contributed by atoms with Gasteiger partial charge in [0, 0.05) is 0 Å². The average molecular weight is 252 g/mol. The van der Waals surface area contributed by atoms with Gasteiger partial charge in [0.25, 0.3) is 0 Å². The lowest BCUT2D eigenvalue weighted by Gasteiger charge is -2.07. The quantitative estimate of drug-likeness (QED) is 0.759. The summed E-state index contributed by atoms with van der Waals surface area (Å²) in [5, 5.41) is 0. The van der Waals surface area contributed by atoms with Crippen molar-refractivity contribution in [1.29, 1.82) is 0 Å². The van der Waals surface area contributed by atoms with Crippen LogP contribution in [-0.4, -0.2) is 4.98 Å². The molecule has 2 rings (SSSR count). The standard InChI is InChI=1S/C13H14ClNO2/c1-9(2)10-4-3-5-12(6-10)17-13-15-11(7-14)8-16-13/h3-6,8-9H,7H2,1-2H3. The summed E-state index contributed by atoms with van der Waals surface area (Å²) in [7, 11) is 0. The van der Waals surface area contributed by atoms with E-state index in [0.717, 1.165) is 5.75 Å². The molecule has 0 amide bonds. The molecule has 3 nitrogen and oxygen atoms in total. The van der Waals surface area contributed by atoms with E-state index in [1.807, 2.05) is 18.2 Å². The number of benzene rings is 1. The Labute approximate surface area is 105 Å². The first-order valence-electron chi connectivity index (χ1n) is 5.47. The molecule has 1 aromatic carbocycles. The van der Waals surface area contributed by atoms with E-state index in [4.69, 9.17) is 20.8 Å². The number of hydrogen-bond donors (Lipinski definition) is 0. The zero-order chi connectivity index (χ0) is 12.3. The molecular weight excluding hydrogens is 238 g/mol. The van der Waals surface area contributed by atoms with Gasteiger partial charge in [-0.15, -0.1) is 11.6 Å². The molecule has 1 heterocycles. The number of rotatable bonds is 4. The Hall–Kier alpha value is -1.48. The first kappa shape index (κ1) is 12.0. The van der Waals surface area contributed by atoms with Crippen molar-refractivity contribution >= 4 is 11.6 Å². The van der Waals surface area contributed by atoms with E-state index in [-0.39, 0.29) is 6.08 Å². The third-order valence-electron chi connectivity index (χ3n) is 2.40. The highest BCUT2D eigenvalue weighted by molar-refractivity contribution is 6.16. The fourth-order valence-corrected chi connectivity index (χ4v) is 1.56. The molecule has 0 unspecified atom stereocenters. The summed E-state index contributed by atoms with van der Waals surface area (Å²) in [6.07, 6.45) is 1.72. The number of ether oxygens (including phenoxy) is 1. The molecule has 0 fully saturated rings. The summed E-state index contributed by atoms with van der Waals surface area (Å²) in [5.41, 5.74) is 1.88. The van der Waals surface area contributed by atoms with Gasteiger partial charge in [0.05, 0.1) is 11.6 Å². The Morgan fingerprint density at radius 1 is 1.41 bits per heavy atom. The molecule has 90 valence electrons. The van der Waals surface area contributed by atoms with Gasteiger partial charge in [-0.05, 0) is 23.6 Å². The molecule has 0 saturated carbocycles. The fourth-order valence-electron chi connectivity index (χ4n) is 1.43. The number of nitrogens with zero attached hydrogens (tertiary/aromatic N) is 1. The van der Waals surface area contributed by atoms with Gasteiger partial charge in [0.2, 0.25) is 0 Å². The summed E-state index contributed by atoms with van der Waals surface area (Å²) in [6, 6.07) is 7.87. The molecule has 0 radical (unpaired) electrons. The molecule has 0 atom stereocenters. The zero-order valence-electron chi connectivity index (χ0n) is 9.81. The smallest absolute Gasteiger partial charge is 0.399 e. The predicted octanol–water partition coefficient (Wildman–Crippen LogP) is 4.33. The summed E-state index contributed by atoms with van der Waals surface area (Å²) in [5.74, 6) is 1.50. The molecule has 4 heteroatoms. The van der Waals surface area contributed by atoms with Gasteiger partial charge < -0.3 is 9.15 Å². The molecule has 0 aliphatic carbocycles. The Balaban J connectivity index is 2.15. The van der Waals surface area contributed by atoms with E-state index in [2.05, 4.69) is 24.9 Å². The van der Waals surface area contributed by atoms with Crippen molar-refractivity contribution in [1.82, 2.24) is 4.98 Å². The number of aromatic nitrogens is 1. The monoisotopic (exact) mass is 251 g/mol. The molecule has 0 aliphatic rings. The van der Waals surface area contributed by atoms with Crippen LogP contribution in [0.25, 0.3) is 0 Å². The van der Waals surface area contributed by atoms with Gasteiger partial charge in [-0.25, -0.2) is 0 Å². The van der Waals surface area contributed by atoms with Crippen molar-refractivity contribution in [2.45, 2.75) is 25.6 Å². The second-order valence-corrected chi connectivity index (χ2v) is 4.33. The molecular formula is C13H14ClNO2. The first-order valence-corrected chi connectivity index (χ1v) is 6.00. The average Bonchev–Trinajstić information content (AvgIpc) is 2.77. The van der Waals surface area contributed by atoms with Gasteiger partial charge in [-0.1, -0.05) is 26.0 Å². The predicted molar refractivity (Wildman–Crippen MR) is 66.7 cm³/mol. The van der Waals surface area contributed by atoms with Crippen molar-refractivity contribution in [2.75, 3.05) is 0 Å². The van der Waals surface area contributed by atoms with Crippen LogP contribution in [0.5, 0.6) is 11.8 Å². The van der Waals surface area contributed by atoms with Gasteiger partial charge in [-0.3, -0.25) is 0 Å². The highest BCUT2D eigenvalue weighted by atomic mass is 35.5. The third kappa shape index (κ3) is 3.01. The van der Waals surface area contributed by atoms with Crippen molar-refractivity contribution in [3.8, 4) is 11.8 Å². The van der Waals surface area contributed by atoms with Crippen LogP contribution >= 0.6 is 11.6 Å². The zero-order valence-corrected chi connectivity index (χ0v) is 10.6. The van der Waals surface area contributed by atoms with Crippen LogP contribution in [-0.2, 0) is 5.88 Å². The maximum atomic E-state index is 5.63. The minimum atomic E-state index is 0.224. The minimum Gasteiger partial charge on any atom is -0.417 e. The van der Waals surface area contributed by atoms with Crippen molar-refractivity contribution in [3.63, 3.8) is 0 Å². The number of halogens is 1. The second-order valence-electron chi connectivity index (χ2n) is 4.07. The Bertz CT molecular complexity index is 494. The van der Waals surface area contributed by atoms with E-state index in [1.54, 1.807) is 0 Å². The van der Waals surface area contributed by atoms with Crippen LogP contribution in [0.4, 0.5) is 0 Å². The second kappa shape index (κ2) is 5.23. The van der Waals surface area contributed by atoms with Crippen LogP contribution in [0.2, 0.25) is 0 Å². The summed E-state index contributed by atoms with van der Waals surface area (Å²) >= 11 is 5.63. The normalized spacial score (nSPS) is 10.8. The van der Waals surface area contributed by atoms with Gasteiger partial charge >= 0.3 is 6.08 Å². The van der Waals surface area contributed by atoms with Gasteiger partial charge in [-0.2, -0.15) is 4.98 Å². The number of alkyl halides is 1. The Morgan fingerprint density at radius 2 is 2.24 bits per heavy atom. The largest absolute Gasteiger partial charge is 0.417 e. The minimum absolute atomic E-state index is 0.224. The van der Waals surface area contributed by atoms with Crippen LogP contribution < -0.4 is 4.74 Å². The van der Waals surface area contributed by atoms with Crippen molar-refractivity contribution < 1.29 is 9.15 Å². The molecule has 0 N–H and O–H groups in total. The summed E-state index contributed by atoms with van der Waals surface area (Å²) < 4.78 is 10.7. The van der Waals surface area contributed by atoms with E-state index in [9.17, 15) is 0 Å². The molecule has 2 aromatic rings. The lowest BCUT2D eigenvalue weighted by atomic mass is 10.0.